The molecule has 8 nitrogen and oxygen atoms in total. The topological polar surface area (TPSA) is 93.9 Å². The Morgan fingerprint density at radius 2 is 1.84 bits per heavy atom. The van der Waals surface area contributed by atoms with Crippen molar-refractivity contribution >= 4 is 22.8 Å². The molecule has 0 bridgehead atoms. The van der Waals surface area contributed by atoms with Crippen LogP contribution in [0.4, 0.5) is 0 Å². The lowest BCUT2D eigenvalue weighted by atomic mass is 10.1. The van der Waals surface area contributed by atoms with E-state index in [0.29, 0.717) is 25.4 Å². The van der Waals surface area contributed by atoms with Gasteiger partial charge in [0, 0.05) is 31.3 Å². The SMILES string of the molecule is O=C(O)CCn1ncc2cc(OC3CCN(C(=O)COc4ccccc4)CC3)ccc21. The lowest BCUT2D eigenvalue weighted by Gasteiger charge is -2.32. The fourth-order valence-corrected chi connectivity index (χ4v) is 3.69. The number of hydrogen-bond donors (Lipinski definition) is 1. The minimum Gasteiger partial charge on any atom is -0.490 e. The standard InChI is InChI=1S/C23H25N3O5/c27-22(16-30-18-4-2-1-3-5-18)25-11-8-19(9-12-25)31-20-6-7-21-17(14-20)15-24-26(21)13-10-23(28)29/h1-7,14-15,19H,8-13,16H2,(H,28,29). The zero-order valence-electron chi connectivity index (χ0n) is 17.1. The van der Waals surface area contributed by atoms with E-state index < -0.39 is 5.97 Å². The number of hydrogen-bond acceptors (Lipinski definition) is 5. The van der Waals surface area contributed by atoms with Crippen LogP contribution in [0.15, 0.2) is 54.7 Å². The molecule has 0 spiro atoms. The van der Waals surface area contributed by atoms with Gasteiger partial charge < -0.3 is 19.5 Å². The van der Waals surface area contributed by atoms with Crippen molar-refractivity contribution in [1.82, 2.24) is 14.7 Å². The number of carbonyl (C=O) groups is 2. The molecule has 8 heteroatoms. The molecule has 0 aliphatic carbocycles. The van der Waals surface area contributed by atoms with Crippen molar-refractivity contribution in [3.8, 4) is 11.5 Å². The number of piperidine rings is 1. The van der Waals surface area contributed by atoms with E-state index in [1.807, 2.05) is 53.4 Å². The Balaban J connectivity index is 1.27. The van der Waals surface area contributed by atoms with Gasteiger partial charge in [-0.15, -0.1) is 0 Å². The Morgan fingerprint density at radius 1 is 1.06 bits per heavy atom. The monoisotopic (exact) mass is 423 g/mol. The molecule has 0 saturated carbocycles. The summed E-state index contributed by atoms with van der Waals surface area (Å²) in [7, 11) is 0. The highest BCUT2D eigenvalue weighted by Gasteiger charge is 2.24. The summed E-state index contributed by atoms with van der Waals surface area (Å²) < 4.78 is 13.4. The number of aromatic nitrogens is 2. The lowest BCUT2D eigenvalue weighted by Crippen LogP contribution is -2.43. The maximum Gasteiger partial charge on any atom is 0.305 e. The molecule has 4 rings (SSSR count). The summed E-state index contributed by atoms with van der Waals surface area (Å²) in [5.41, 5.74) is 0.882. The fourth-order valence-electron chi connectivity index (χ4n) is 3.69. The van der Waals surface area contributed by atoms with Crippen molar-refractivity contribution in [2.75, 3.05) is 19.7 Å². The van der Waals surface area contributed by atoms with Crippen molar-refractivity contribution in [3.05, 3.63) is 54.7 Å². The van der Waals surface area contributed by atoms with E-state index in [1.54, 1.807) is 10.9 Å². The Morgan fingerprint density at radius 3 is 2.58 bits per heavy atom. The van der Waals surface area contributed by atoms with Gasteiger partial charge in [-0.3, -0.25) is 14.3 Å². The van der Waals surface area contributed by atoms with Crippen LogP contribution < -0.4 is 9.47 Å². The summed E-state index contributed by atoms with van der Waals surface area (Å²) in [6.45, 7) is 1.64. The van der Waals surface area contributed by atoms with Crippen LogP contribution in [0.5, 0.6) is 11.5 Å². The Bertz CT molecular complexity index is 1040. The summed E-state index contributed by atoms with van der Waals surface area (Å²) in [6.07, 6.45) is 3.30. The summed E-state index contributed by atoms with van der Waals surface area (Å²) in [4.78, 5) is 25.0. The normalized spacial score (nSPS) is 14.5. The molecular weight excluding hydrogens is 398 g/mol. The zero-order valence-corrected chi connectivity index (χ0v) is 17.1. The van der Waals surface area contributed by atoms with Gasteiger partial charge in [0.15, 0.2) is 6.61 Å². The second kappa shape index (κ2) is 9.51. The van der Waals surface area contributed by atoms with E-state index in [-0.39, 0.29) is 25.0 Å². The molecule has 1 fully saturated rings. The number of rotatable bonds is 8. The van der Waals surface area contributed by atoms with E-state index in [2.05, 4.69) is 5.10 Å². The number of fused-ring (bicyclic) bond motifs is 1. The molecule has 0 radical (unpaired) electrons. The molecule has 1 aliphatic rings. The molecule has 1 saturated heterocycles. The van der Waals surface area contributed by atoms with Gasteiger partial charge in [-0.1, -0.05) is 18.2 Å². The number of benzene rings is 2. The number of carboxylic acid groups (broad SMARTS) is 1. The lowest BCUT2D eigenvalue weighted by molar-refractivity contribution is -0.137. The smallest absolute Gasteiger partial charge is 0.305 e. The predicted molar refractivity (Wildman–Crippen MR) is 114 cm³/mol. The average Bonchev–Trinajstić information content (AvgIpc) is 3.19. The Kier molecular flexibility index (Phi) is 6.35. The summed E-state index contributed by atoms with van der Waals surface area (Å²) >= 11 is 0. The minimum absolute atomic E-state index is 0.0162. The van der Waals surface area contributed by atoms with Crippen LogP contribution in [-0.2, 0) is 16.1 Å². The highest BCUT2D eigenvalue weighted by molar-refractivity contribution is 5.80. The molecule has 1 amide bonds. The van der Waals surface area contributed by atoms with Gasteiger partial charge in [-0.25, -0.2) is 0 Å². The summed E-state index contributed by atoms with van der Waals surface area (Å²) in [6, 6.07) is 15.0. The van der Waals surface area contributed by atoms with Crippen LogP contribution >= 0.6 is 0 Å². The molecule has 0 unspecified atom stereocenters. The number of carbonyl (C=O) groups excluding carboxylic acids is 1. The van der Waals surface area contributed by atoms with Crippen LogP contribution in [0.1, 0.15) is 19.3 Å². The summed E-state index contributed by atoms with van der Waals surface area (Å²) in [5.74, 6) is 0.579. The first-order valence-electron chi connectivity index (χ1n) is 10.4. The van der Waals surface area contributed by atoms with Gasteiger partial charge in [-0.2, -0.15) is 5.10 Å². The maximum atomic E-state index is 12.4. The van der Waals surface area contributed by atoms with Crippen LogP contribution in [-0.4, -0.2) is 57.5 Å². The molecule has 162 valence electrons. The first-order valence-corrected chi connectivity index (χ1v) is 10.4. The van der Waals surface area contributed by atoms with Crippen molar-refractivity contribution in [2.45, 2.75) is 31.9 Å². The van der Waals surface area contributed by atoms with E-state index in [4.69, 9.17) is 14.6 Å². The highest BCUT2D eigenvalue weighted by atomic mass is 16.5. The largest absolute Gasteiger partial charge is 0.490 e. The minimum atomic E-state index is -0.847. The molecule has 1 N–H and O–H groups in total. The predicted octanol–water partition coefficient (Wildman–Crippen LogP) is 2.96. The summed E-state index contributed by atoms with van der Waals surface area (Å²) in [5, 5.41) is 14.0. The molecule has 3 aromatic rings. The molecular formula is C23H25N3O5. The van der Waals surface area contributed by atoms with Gasteiger partial charge in [0.05, 0.1) is 24.7 Å². The van der Waals surface area contributed by atoms with E-state index >= 15 is 0 Å². The number of amides is 1. The number of carboxylic acids is 1. The van der Waals surface area contributed by atoms with Crippen molar-refractivity contribution < 1.29 is 24.2 Å². The van der Waals surface area contributed by atoms with Crippen LogP contribution in [0.2, 0.25) is 0 Å². The number of ether oxygens (including phenoxy) is 2. The highest BCUT2D eigenvalue weighted by Crippen LogP contribution is 2.24. The van der Waals surface area contributed by atoms with Gasteiger partial charge >= 0.3 is 5.97 Å². The Hall–Kier alpha value is -3.55. The second-order valence-electron chi connectivity index (χ2n) is 7.53. The van der Waals surface area contributed by atoms with E-state index in [0.717, 1.165) is 29.5 Å². The molecule has 2 aromatic carbocycles. The Labute approximate surface area is 180 Å². The van der Waals surface area contributed by atoms with Crippen LogP contribution in [0.25, 0.3) is 10.9 Å². The third-order valence-electron chi connectivity index (χ3n) is 5.35. The van der Waals surface area contributed by atoms with Gasteiger partial charge in [-0.05, 0) is 30.3 Å². The van der Waals surface area contributed by atoms with E-state index in [1.165, 1.54) is 0 Å². The number of para-hydroxylation sites is 1. The molecule has 1 aromatic heterocycles. The zero-order chi connectivity index (χ0) is 21.6. The van der Waals surface area contributed by atoms with Crippen LogP contribution in [0.3, 0.4) is 0 Å². The van der Waals surface area contributed by atoms with Gasteiger partial charge in [0.1, 0.15) is 17.6 Å². The van der Waals surface area contributed by atoms with Crippen molar-refractivity contribution in [1.29, 1.82) is 0 Å². The van der Waals surface area contributed by atoms with Crippen molar-refractivity contribution in [2.24, 2.45) is 0 Å². The van der Waals surface area contributed by atoms with Crippen LogP contribution in [0, 0.1) is 0 Å². The molecule has 0 atom stereocenters. The molecule has 31 heavy (non-hydrogen) atoms. The van der Waals surface area contributed by atoms with Gasteiger partial charge in [0.25, 0.3) is 5.91 Å². The second-order valence-corrected chi connectivity index (χ2v) is 7.53. The number of likely N-dealkylation sites (tertiary alicyclic amines) is 1. The quantitative estimate of drug-likeness (QED) is 0.599. The van der Waals surface area contributed by atoms with Gasteiger partial charge in [0.2, 0.25) is 0 Å². The number of aryl methyl sites for hydroxylation is 1. The number of nitrogens with zero attached hydrogens (tertiary/aromatic N) is 3. The average molecular weight is 423 g/mol. The molecule has 2 heterocycles. The van der Waals surface area contributed by atoms with Crippen molar-refractivity contribution in [3.63, 3.8) is 0 Å². The number of aliphatic carboxylic acids is 1. The first kappa shape index (κ1) is 20.7. The van der Waals surface area contributed by atoms with E-state index in [9.17, 15) is 9.59 Å². The fraction of sp³-hybridized carbons (Fsp3) is 0.348. The first-order chi connectivity index (χ1) is 15.1. The maximum absolute atomic E-state index is 12.4. The molecule has 1 aliphatic heterocycles. The third-order valence-corrected chi connectivity index (χ3v) is 5.35. The third kappa shape index (κ3) is 5.33.